The fraction of sp³-hybridized carbons (Fsp3) is 0. The van der Waals surface area contributed by atoms with Crippen molar-refractivity contribution in [1.29, 1.82) is 0 Å². The summed E-state index contributed by atoms with van der Waals surface area (Å²) >= 11 is 0. The van der Waals surface area contributed by atoms with Crippen LogP contribution in [0, 0.1) is 0 Å². The number of carboxylic acid groups (broad SMARTS) is 1. The molecule has 0 aromatic carbocycles. The molecule has 1 aromatic heterocycles. The predicted molar refractivity (Wildman–Crippen MR) is 23.5 cm³/mol. The molecule has 0 fully saturated rings. The van der Waals surface area contributed by atoms with E-state index >= 15 is 0 Å². The van der Waals surface area contributed by atoms with Gasteiger partial charge in [-0.1, -0.05) is 0 Å². The average Bonchev–Trinajstić information content (AvgIpc) is 2.12. The van der Waals surface area contributed by atoms with Gasteiger partial charge in [0, 0.05) is 0 Å². The number of nitrogens with zero attached hydrogens (tertiary/aromatic N) is 1. The van der Waals surface area contributed by atoms with E-state index < -0.39 is 5.97 Å². The Labute approximate surface area is 44.8 Å². The van der Waals surface area contributed by atoms with E-state index in [0.717, 1.165) is 12.7 Å². The van der Waals surface area contributed by atoms with Crippen LogP contribution >= 0.6 is 0 Å². The van der Waals surface area contributed by atoms with Crippen LogP contribution in [-0.4, -0.2) is 16.1 Å². The summed E-state index contributed by atoms with van der Waals surface area (Å²) in [6.07, 6.45) is 2.14. The van der Waals surface area contributed by atoms with Crippen molar-refractivity contribution in [3.63, 3.8) is 0 Å². The van der Waals surface area contributed by atoms with Crippen LogP contribution in [0.15, 0.2) is 17.1 Å². The van der Waals surface area contributed by atoms with Crippen LogP contribution in [0.4, 0.5) is 0 Å². The third kappa shape index (κ3) is 0.676. The molecular formula is C4H3NO3. The smallest absolute Gasteiger partial charge is 0.357 e. The Kier molecular flexibility index (Phi) is 0.997. The van der Waals surface area contributed by atoms with Gasteiger partial charge in [-0.3, -0.25) is 0 Å². The van der Waals surface area contributed by atoms with Crippen molar-refractivity contribution >= 4 is 5.97 Å². The standard InChI is InChI=1S/C4H3NO3/c6-4(7)3-1-8-2-5-3/h1-2H,(H,6,7). The first-order valence-electron chi connectivity index (χ1n) is 1.92. The lowest BCUT2D eigenvalue weighted by atomic mass is 10.5. The van der Waals surface area contributed by atoms with E-state index in [-0.39, 0.29) is 5.69 Å². The summed E-state index contributed by atoms with van der Waals surface area (Å²) in [5.41, 5.74) is -0.0648. The molecule has 0 aliphatic carbocycles. The second-order valence-corrected chi connectivity index (χ2v) is 1.18. The zero-order valence-electron chi connectivity index (χ0n) is 3.87. The first kappa shape index (κ1) is 4.83. The van der Waals surface area contributed by atoms with Gasteiger partial charge in [0.15, 0.2) is 12.1 Å². The molecule has 0 aliphatic rings. The van der Waals surface area contributed by atoms with E-state index in [0.29, 0.717) is 0 Å². The van der Waals surface area contributed by atoms with Crippen molar-refractivity contribution in [2.45, 2.75) is 0 Å². The quantitative estimate of drug-likeness (QED) is 0.571. The molecular weight excluding hydrogens is 110 g/mol. The highest BCUT2D eigenvalue weighted by atomic mass is 16.4. The average molecular weight is 113 g/mol. The van der Waals surface area contributed by atoms with Gasteiger partial charge < -0.3 is 9.52 Å². The van der Waals surface area contributed by atoms with Crippen molar-refractivity contribution in [1.82, 2.24) is 4.98 Å². The summed E-state index contributed by atoms with van der Waals surface area (Å²) in [5, 5.41) is 8.15. The SMILES string of the molecule is O=C(O)c1cocn1. The molecule has 1 heterocycles. The van der Waals surface area contributed by atoms with Crippen molar-refractivity contribution in [3.05, 3.63) is 18.4 Å². The van der Waals surface area contributed by atoms with Gasteiger partial charge in [0.2, 0.25) is 0 Å². The summed E-state index contributed by atoms with van der Waals surface area (Å²) < 4.78 is 4.38. The van der Waals surface area contributed by atoms with Gasteiger partial charge in [-0.15, -0.1) is 0 Å². The van der Waals surface area contributed by atoms with Crippen LogP contribution in [0.2, 0.25) is 0 Å². The highest BCUT2D eigenvalue weighted by Crippen LogP contribution is 1.91. The number of carbonyl (C=O) groups is 1. The number of hydrogen-bond acceptors (Lipinski definition) is 3. The molecule has 8 heavy (non-hydrogen) atoms. The Morgan fingerprint density at radius 2 is 2.62 bits per heavy atom. The van der Waals surface area contributed by atoms with Gasteiger partial charge in [-0.2, -0.15) is 0 Å². The van der Waals surface area contributed by atoms with Crippen LogP contribution in [-0.2, 0) is 0 Å². The largest absolute Gasteiger partial charge is 0.476 e. The van der Waals surface area contributed by atoms with Crippen LogP contribution < -0.4 is 0 Å². The molecule has 1 N–H and O–H groups in total. The minimum atomic E-state index is -1.07. The van der Waals surface area contributed by atoms with Crippen LogP contribution in [0.25, 0.3) is 0 Å². The molecule has 0 saturated carbocycles. The van der Waals surface area contributed by atoms with Gasteiger partial charge >= 0.3 is 5.97 Å². The second-order valence-electron chi connectivity index (χ2n) is 1.18. The first-order chi connectivity index (χ1) is 3.80. The highest BCUT2D eigenvalue weighted by Gasteiger charge is 2.02. The number of oxazole rings is 1. The van der Waals surface area contributed by atoms with E-state index in [9.17, 15) is 4.79 Å². The van der Waals surface area contributed by atoms with E-state index in [1.165, 1.54) is 0 Å². The summed E-state index contributed by atoms with van der Waals surface area (Å²) in [4.78, 5) is 13.3. The second kappa shape index (κ2) is 1.65. The van der Waals surface area contributed by atoms with Gasteiger partial charge in [0.25, 0.3) is 0 Å². The number of aromatic carboxylic acids is 1. The van der Waals surface area contributed by atoms with Gasteiger partial charge in [0.1, 0.15) is 6.26 Å². The van der Waals surface area contributed by atoms with Crippen molar-refractivity contribution < 1.29 is 14.3 Å². The summed E-state index contributed by atoms with van der Waals surface area (Å²) in [6.45, 7) is 0. The van der Waals surface area contributed by atoms with Crippen LogP contribution in [0.3, 0.4) is 0 Å². The maximum atomic E-state index is 9.94. The maximum absolute atomic E-state index is 9.94. The normalized spacial score (nSPS) is 9.00. The fourth-order valence-electron chi connectivity index (χ4n) is 0.318. The lowest BCUT2D eigenvalue weighted by Gasteiger charge is -1.75. The van der Waals surface area contributed by atoms with Crippen molar-refractivity contribution in [2.75, 3.05) is 0 Å². The topological polar surface area (TPSA) is 63.3 Å². The Morgan fingerprint density at radius 3 is 2.88 bits per heavy atom. The zero-order chi connectivity index (χ0) is 5.98. The van der Waals surface area contributed by atoms with Gasteiger partial charge in [0.05, 0.1) is 0 Å². The number of hydrogen-bond donors (Lipinski definition) is 1. The maximum Gasteiger partial charge on any atom is 0.357 e. The Balaban J connectivity index is 2.93. The monoisotopic (exact) mass is 113 g/mol. The molecule has 4 nitrogen and oxygen atoms in total. The molecule has 1 rings (SSSR count). The molecule has 0 atom stereocenters. The highest BCUT2D eigenvalue weighted by molar-refractivity contribution is 5.84. The summed E-state index contributed by atoms with van der Waals surface area (Å²) in [5.74, 6) is -1.07. The molecule has 0 saturated heterocycles. The van der Waals surface area contributed by atoms with E-state index in [1.54, 1.807) is 0 Å². The minimum Gasteiger partial charge on any atom is -0.476 e. The third-order valence-corrected chi connectivity index (χ3v) is 0.651. The molecule has 0 spiro atoms. The molecule has 4 heteroatoms. The summed E-state index contributed by atoms with van der Waals surface area (Å²) in [7, 11) is 0. The molecule has 42 valence electrons. The lowest BCUT2D eigenvalue weighted by molar-refractivity contribution is 0.0690. The van der Waals surface area contributed by atoms with Gasteiger partial charge in [-0.25, -0.2) is 9.78 Å². The third-order valence-electron chi connectivity index (χ3n) is 0.651. The van der Waals surface area contributed by atoms with E-state index in [2.05, 4.69) is 9.40 Å². The fourth-order valence-corrected chi connectivity index (χ4v) is 0.318. The Hall–Kier alpha value is -1.32. The van der Waals surface area contributed by atoms with Crippen molar-refractivity contribution in [2.24, 2.45) is 0 Å². The number of carboxylic acids is 1. The molecule has 0 radical (unpaired) electrons. The predicted octanol–water partition coefficient (Wildman–Crippen LogP) is 0.373. The molecule has 0 bridgehead atoms. The van der Waals surface area contributed by atoms with E-state index in [4.69, 9.17) is 5.11 Å². The summed E-state index contributed by atoms with van der Waals surface area (Å²) in [6, 6.07) is 0. The first-order valence-corrected chi connectivity index (χ1v) is 1.92. The molecule has 0 amide bonds. The minimum absolute atomic E-state index is 0.0648. The zero-order valence-corrected chi connectivity index (χ0v) is 3.87. The van der Waals surface area contributed by atoms with E-state index in [1.807, 2.05) is 0 Å². The molecule has 0 aliphatic heterocycles. The Bertz CT molecular complexity index is 179. The van der Waals surface area contributed by atoms with Crippen LogP contribution in [0.1, 0.15) is 10.5 Å². The molecule has 1 aromatic rings. The van der Waals surface area contributed by atoms with Gasteiger partial charge in [-0.05, 0) is 0 Å². The van der Waals surface area contributed by atoms with Crippen LogP contribution in [0.5, 0.6) is 0 Å². The lowest BCUT2D eigenvalue weighted by Crippen LogP contribution is -1.94. The molecule has 0 unspecified atom stereocenters. The Morgan fingerprint density at radius 1 is 1.88 bits per heavy atom. The number of rotatable bonds is 1. The number of aromatic nitrogens is 1. The van der Waals surface area contributed by atoms with Crippen molar-refractivity contribution in [3.8, 4) is 0 Å².